The van der Waals surface area contributed by atoms with E-state index in [2.05, 4.69) is 5.32 Å². The van der Waals surface area contributed by atoms with Crippen molar-refractivity contribution in [2.45, 2.75) is 17.1 Å². The SMILES string of the molecule is CC(Sc1ccc(Cl)cc1)C(=O)Nc1ccc(F)cc1Cl. The Hall–Kier alpha value is -1.23. The van der Waals surface area contributed by atoms with E-state index in [-0.39, 0.29) is 16.2 Å². The van der Waals surface area contributed by atoms with Crippen LogP contribution in [-0.4, -0.2) is 11.2 Å². The number of thioether (sulfide) groups is 1. The summed E-state index contributed by atoms with van der Waals surface area (Å²) in [5, 5.41) is 3.18. The Balaban J connectivity index is 2.00. The van der Waals surface area contributed by atoms with E-state index >= 15 is 0 Å². The number of rotatable bonds is 4. The van der Waals surface area contributed by atoms with E-state index in [1.54, 1.807) is 19.1 Å². The average Bonchev–Trinajstić information content (AvgIpc) is 2.44. The Morgan fingerprint density at radius 3 is 2.48 bits per heavy atom. The third kappa shape index (κ3) is 4.63. The first-order valence-electron chi connectivity index (χ1n) is 6.14. The number of amides is 1. The lowest BCUT2D eigenvalue weighted by atomic mass is 10.3. The van der Waals surface area contributed by atoms with Crippen molar-refractivity contribution in [2.75, 3.05) is 5.32 Å². The van der Waals surface area contributed by atoms with E-state index in [1.165, 1.54) is 23.9 Å². The Kier molecular flexibility index (Phi) is 5.51. The molecule has 0 radical (unpaired) electrons. The molecule has 1 N–H and O–H groups in total. The number of hydrogen-bond acceptors (Lipinski definition) is 2. The number of nitrogens with one attached hydrogen (secondary N) is 1. The third-order valence-corrected chi connectivity index (χ3v) is 4.36. The van der Waals surface area contributed by atoms with E-state index in [0.717, 1.165) is 11.0 Å². The van der Waals surface area contributed by atoms with Gasteiger partial charge in [-0.25, -0.2) is 4.39 Å². The summed E-state index contributed by atoms with van der Waals surface area (Å²) >= 11 is 13.1. The molecule has 0 aromatic heterocycles. The fraction of sp³-hybridized carbons (Fsp3) is 0.133. The van der Waals surface area contributed by atoms with Crippen molar-refractivity contribution < 1.29 is 9.18 Å². The van der Waals surface area contributed by atoms with Crippen LogP contribution in [0.2, 0.25) is 10.0 Å². The molecular formula is C15H12Cl2FNOS. The minimum Gasteiger partial charge on any atom is -0.324 e. The molecule has 2 aromatic rings. The Morgan fingerprint density at radius 1 is 1.19 bits per heavy atom. The first-order valence-corrected chi connectivity index (χ1v) is 7.77. The predicted octanol–water partition coefficient (Wildman–Crippen LogP) is 5.25. The van der Waals surface area contributed by atoms with E-state index in [9.17, 15) is 9.18 Å². The Labute approximate surface area is 136 Å². The lowest BCUT2D eigenvalue weighted by Gasteiger charge is -2.13. The fourth-order valence-corrected chi connectivity index (χ4v) is 2.80. The number of anilines is 1. The second kappa shape index (κ2) is 7.16. The number of halogens is 3. The summed E-state index contributed by atoms with van der Waals surface area (Å²) in [6, 6.07) is 11.1. The van der Waals surface area contributed by atoms with E-state index in [0.29, 0.717) is 10.7 Å². The highest BCUT2D eigenvalue weighted by Gasteiger charge is 2.16. The Bertz CT molecular complexity index is 649. The maximum absolute atomic E-state index is 13.0. The molecular weight excluding hydrogens is 332 g/mol. The molecule has 0 aliphatic heterocycles. The summed E-state index contributed by atoms with van der Waals surface area (Å²) in [5.41, 5.74) is 0.395. The molecule has 0 aliphatic carbocycles. The van der Waals surface area contributed by atoms with Crippen molar-refractivity contribution in [3.05, 3.63) is 58.3 Å². The van der Waals surface area contributed by atoms with Crippen LogP contribution in [0.1, 0.15) is 6.92 Å². The first kappa shape index (κ1) is 16.1. The molecule has 0 saturated heterocycles. The number of carbonyl (C=O) groups is 1. The van der Waals surface area contributed by atoms with Crippen LogP contribution in [0.5, 0.6) is 0 Å². The molecule has 0 heterocycles. The second-order valence-corrected chi connectivity index (χ2v) is 6.59. The first-order chi connectivity index (χ1) is 9.95. The molecule has 1 unspecified atom stereocenters. The summed E-state index contributed by atoms with van der Waals surface area (Å²) in [6.45, 7) is 1.78. The molecule has 1 amide bonds. The topological polar surface area (TPSA) is 29.1 Å². The maximum atomic E-state index is 13.0. The van der Waals surface area contributed by atoms with Crippen molar-refractivity contribution in [3.63, 3.8) is 0 Å². The van der Waals surface area contributed by atoms with Gasteiger partial charge in [0.2, 0.25) is 5.91 Å². The van der Waals surface area contributed by atoms with Gasteiger partial charge in [-0.3, -0.25) is 4.79 Å². The van der Waals surface area contributed by atoms with Gasteiger partial charge in [0.25, 0.3) is 0 Å². The quantitative estimate of drug-likeness (QED) is 0.768. The lowest BCUT2D eigenvalue weighted by molar-refractivity contribution is -0.115. The molecule has 6 heteroatoms. The smallest absolute Gasteiger partial charge is 0.237 e. The summed E-state index contributed by atoms with van der Waals surface area (Å²) in [5.74, 6) is -0.648. The monoisotopic (exact) mass is 343 g/mol. The van der Waals surface area contributed by atoms with Crippen LogP contribution in [0.25, 0.3) is 0 Å². The van der Waals surface area contributed by atoms with Gasteiger partial charge in [-0.15, -0.1) is 11.8 Å². The molecule has 0 bridgehead atoms. The molecule has 2 rings (SSSR count). The fourth-order valence-electron chi connectivity index (χ4n) is 1.60. The zero-order chi connectivity index (χ0) is 15.4. The highest BCUT2D eigenvalue weighted by Crippen LogP contribution is 2.27. The summed E-state index contributed by atoms with van der Waals surface area (Å²) in [6.07, 6.45) is 0. The molecule has 0 aliphatic rings. The van der Waals surface area contributed by atoms with Crippen molar-refractivity contribution in [1.29, 1.82) is 0 Å². The highest BCUT2D eigenvalue weighted by molar-refractivity contribution is 8.00. The normalized spacial score (nSPS) is 12.0. The van der Waals surface area contributed by atoms with Crippen LogP contribution in [0.15, 0.2) is 47.4 Å². The summed E-state index contributed by atoms with van der Waals surface area (Å²) < 4.78 is 13.0. The molecule has 110 valence electrons. The van der Waals surface area contributed by atoms with Gasteiger partial charge in [-0.1, -0.05) is 23.2 Å². The minimum absolute atomic E-state index is 0.173. The second-order valence-electron chi connectivity index (χ2n) is 4.33. The minimum atomic E-state index is -0.443. The van der Waals surface area contributed by atoms with E-state index < -0.39 is 5.82 Å². The van der Waals surface area contributed by atoms with Crippen LogP contribution in [-0.2, 0) is 4.79 Å². The van der Waals surface area contributed by atoms with E-state index in [1.807, 2.05) is 12.1 Å². The highest BCUT2D eigenvalue weighted by atomic mass is 35.5. The molecule has 21 heavy (non-hydrogen) atoms. The van der Waals surface area contributed by atoms with Crippen LogP contribution in [0, 0.1) is 5.82 Å². The van der Waals surface area contributed by atoms with Gasteiger partial charge < -0.3 is 5.32 Å². The van der Waals surface area contributed by atoms with Gasteiger partial charge in [0.05, 0.1) is 16.0 Å². The average molecular weight is 344 g/mol. The largest absolute Gasteiger partial charge is 0.324 e. The molecule has 0 spiro atoms. The van der Waals surface area contributed by atoms with Crippen LogP contribution < -0.4 is 5.32 Å². The van der Waals surface area contributed by atoms with Crippen LogP contribution in [0.4, 0.5) is 10.1 Å². The van der Waals surface area contributed by atoms with Gasteiger partial charge in [0, 0.05) is 9.92 Å². The van der Waals surface area contributed by atoms with Crippen LogP contribution >= 0.6 is 35.0 Å². The van der Waals surface area contributed by atoms with Crippen molar-refractivity contribution >= 4 is 46.6 Å². The van der Waals surface area contributed by atoms with Gasteiger partial charge in [0.1, 0.15) is 5.82 Å². The molecule has 0 fully saturated rings. The molecule has 2 aromatic carbocycles. The Morgan fingerprint density at radius 2 is 1.86 bits per heavy atom. The van der Waals surface area contributed by atoms with Gasteiger partial charge in [-0.2, -0.15) is 0 Å². The van der Waals surface area contributed by atoms with Crippen LogP contribution in [0.3, 0.4) is 0 Å². The zero-order valence-corrected chi connectivity index (χ0v) is 13.4. The van der Waals surface area contributed by atoms with E-state index in [4.69, 9.17) is 23.2 Å². The standard InChI is InChI=1S/C15H12Cl2FNOS/c1-9(21-12-5-2-10(16)3-6-12)15(20)19-14-7-4-11(18)8-13(14)17/h2-9H,1H3,(H,19,20). The van der Waals surface area contributed by atoms with Crippen molar-refractivity contribution in [2.24, 2.45) is 0 Å². The summed E-state index contributed by atoms with van der Waals surface area (Å²) in [7, 11) is 0. The third-order valence-electron chi connectivity index (χ3n) is 2.68. The summed E-state index contributed by atoms with van der Waals surface area (Å²) in [4.78, 5) is 13.0. The number of carbonyl (C=O) groups excluding carboxylic acids is 1. The number of hydrogen-bond donors (Lipinski definition) is 1. The molecule has 2 nitrogen and oxygen atoms in total. The zero-order valence-electron chi connectivity index (χ0n) is 11.1. The van der Waals surface area contributed by atoms with Crippen molar-refractivity contribution in [1.82, 2.24) is 0 Å². The van der Waals surface area contributed by atoms with Gasteiger partial charge in [0.15, 0.2) is 0 Å². The lowest BCUT2D eigenvalue weighted by Crippen LogP contribution is -2.22. The van der Waals surface area contributed by atoms with Gasteiger partial charge >= 0.3 is 0 Å². The predicted molar refractivity (Wildman–Crippen MR) is 86.8 cm³/mol. The molecule has 1 atom stereocenters. The van der Waals surface area contributed by atoms with Crippen molar-refractivity contribution in [3.8, 4) is 0 Å². The molecule has 0 saturated carbocycles. The maximum Gasteiger partial charge on any atom is 0.237 e. The number of benzene rings is 2. The van der Waals surface area contributed by atoms with Gasteiger partial charge in [-0.05, 0) is 49.4 Å².